The van der Waals surface area contributed by atoms with Crippen LogP contribution in [0.4, 0.5) is 0 Å². The van der Waals surface area contributed by atoms with Crippen LogP contribution in [0.25, 0.3) is 0 Å². The third-order valence-electron chi connectivity index (χ3n) is 2.56. The lowest BCUT2D eigenvalue weighted by atomic mass is 9.93. The highest BCUT2D eigenvalue weighted by molar-refractivity contribution is 4.86. The molecule has 1 heterocycles. The highest BCUT2D eigenvalue weighted by atomic mass is 16.3. The molecule has 0 amide bonds. The molecule has 1 aliphatic carbocycles. The smallest absolute Gasteiger partial charge is 0.0778 e. The summed E-state index contributed by atoms with van der Waals surface area (Å²) < 4.78 is 1.88. The zero-order valence-electron chi connectivity index (χ0n) is 7.06. The number of aliphatic hydroxyl groups is 1. The van der Waals surface area contributed by atoms with E-state index in [0.717, 1.165) is 19.3 Å². The second kappa shape index (κ2) is 3.27. The first-order valence-electron chi connectivity index (χ1n) is 4.55. The highest BCUT2D eigenvalue weighted by Gasteiger charge is 2.24. The standard InChI is InChI=1S/C9H14N2O/c12-9-5-2-1-4-8(9)11-7-3-6-10-11/h3,6-9,12H,1-2,4-5H2/t8?,9-/m1/s1. The number of nitrogens with zero attached hydrogens (tertiary/aromatic N) is 2. The first kappa shape index (κ1) is 7.80. The molecule has 1 saturated carbocycles. The van der Waals surface area contributed by atoms with E-state index in [-0.39, 0.29) is 12.1 Å². The molecule has 1 aliphatic rings. The van der Waals surface area contributed by atoms with Crippen molar-refractivity contribution in [2.45, 2.75) is 37.8 Å². The zero-order valence-corrected chi connectivity index (χ0v) is 7.06. The van der Waals surface area contributed by atoms with E-state index < -0.39 is 0 Å². The average molecular weight is 166 g/mol. The van der Waals surface area contributed by atoms with Crippen molar-refractivity contribution in [1.82, 2.24) is 9.78 Å². The molecule has 0 radical (unpaired) electrons. The molecule has 1 aromatic heterocycles. The topological polar surface area (TPSA) is 38.0 Å². The predicted molar refractivity (Wildman–Crippen MR) is 45.7 cm³/mol. The normalized spacial score (nSPS) is 30.4. The second-order valence-electron chi connectivity index (χ2n) is 3.41. The van der Waals surface area contributed by atoms with Crippen LogP contribution in [0.15, 0.2) is 18.5 Å². The van der Waals surface area contributed by atoms with Gasteiger partial charge in [-0.05, 0) is 18.9 Å². The van der Waals surface area contributed by atoms with Gasteiger partial charge in [0.25, 0.3) is 0 Å². The summed E-state index contributed by atoms with van der Waals surface area (Å²) in [5, 5.41) is 13.8. The lowest BCUT2D eigenvalue weighted by Gasteiger charge is -2.27. The molecular weight excluding hydrogens is 152 g/mol. The third kappa shape index (κ3) is 1.37. The van der Waals surface area contributed by atoms with Crippen molar-refractivity contribution in [2.24, 2.45) is 0 Å². The Labute approximate surface area is 72.0 Å². The van der Waals surface area contributed by atoms with E-state index >= 15 is 0 Å². The largest absolute Gasteiger partial charge is 0.391 e. The summed E-state index contributed by atoms with van der Waals surface area (Å²) in [6, 6.07) is 2.12. The predicted octanol–water partition coefficient (Wildman–Crippen LogP) is 1.36. The Kier molecular flexibility index (Phi) is 2.13. The van der Waals surface area contributed by atoms with Gasteiger partial charge in [0.1, 0.15) is 0 Å². The van der Waals surface area contributed by atoms with E-state index in [2.05, 4.69) is 5.10 Å². The molecule has 1 aromatic rings. The minimum atomic E-state index is -0.196. The fourth-order valence-electron chi connectivity index (χ4n) is 1.88. The molecule has 1 fully saturated rings. The van der Waals surface area contributed by atoms with Crippen LogP contribution in [0.1, 0.15) is 31.7 Å². The number of hydrogen-bond donors (Lipinski definition) is 1. The van der Waals surface area contributed by atoms with Crippen LogP contribution in [0.2, 0.25) is 0 Å². The molecule has 0 aromatic carbocycles. The molecule has 1 unspecified atom stereocenters. The molecule has 3 heteroatoms. The van der Waals surface area contributed by atoms with Crippen LogP contribution in [0.5, 0.6) is 0 Å². The van der Waals surface area contributed by atoms with E-state index in [1.54, 1.807) is 6.20 Å². The van der Waals surface area contributed by atoms with Crippen LogP contribution in [0.3, 0.4) is 0 Å². The number of hydrogen-bond acceptors (Lipinski definition) is 2. The molecular formula is C9H14N2O. The summed E-state index contributed by atoms with van der Waals surface area (Å²) in [7, 11) is 0. The van der Waals surface area contributed by atoms with E-state index in [1.807, 2.05) is 16.9 Å². The van der Waals surface area contributed by atoms with Crippen molar-refractivity contribution >= 4 is 0 Å². The summed E-state index contributed by atoms with van der Waals surface area (Å²) >= 11 is 0. The summed E-state index contributed by atoms with van der Waals surface area (Å²) in [5.74, 6) is 0. The Bertz CT molecular complexity index is 233. The molecule has 1 N–H and O–H groups in total. The van der Waals surface area contributed by atoms with Gasteiger partial charge < -0.3 is 5.11 Å². The Morgan fingerprint density at radius 1 is 1.33 bits per heavy atom. The van der Waals surface area contributed by atoms with Gasteiger partial charge in [0, 0.05) is 12.4 Å². The maximum absolute atomic E-state index is 9.68. The molecule has 0 bridgehead atoms. The second-order valence-corrected chi connectivity index (χ2v) is 3.41. The molecule has 12 heavy (non-hydrogen) atoms. The van der Waals surface area contributed by atoms with Crippen LogP contribution in [-0.4, -0.2) is 21.0 Å². The van der Waals surface area contributed by atoms with Crippen LogP contribution < -0.4 is 0 Å². The monoisotopic (exact) mass is 166 g/mol. The Hall–Kier alpha value is -0.830. The first-order valence-corrected chi connectivity index (χ1v) is 4.55. The van der Waals surface area contributed by atoms with Crippen LogP contribution >= 0.6 is 0 Å². The van der Waals surface area contributed by atoms with Gasteiger partial charge in [-0.15, -0.1) is 0 Å². The summed E-state index contributed by atoms with van der Waals surface area (Å²) in [6.45, 7) is 0. The Balaban J connectivity index is 2.11. The molecule has 0 saturated heterocycles. The molecule has 2 rings (SSSR count). The van der Waals surface area contributed by atoms with E-state index in [4.69, 9.17) is 0 Å². The SMILES string of the molecule is O[C@@H]1CCCCC1n1cccn1. The summed E-state index contributed by atoms with van der Waals surface area (Å²) in [6.07, 6.45) is 7.84. The molecule has 0 spiro atoms. The van der Waals surface area contributed by atoms with E-state index in [0.29, 0.717) is 0 Å². The lowest BCUT2D eigenvalue weighted by Crippen LogP contribution is -2.27. The molecule has 2 atom stereocenters. The Morgan fingerprint density at radius 2 is 2.17 bits per heavy atom. The molecule has 3 nitrogen and oxygen atoms in total. The van der Waals surface area contributed by atoms with Crippen molar-refractivity contribution in [3.05, 3.63) is 18.5 Å². The first-order chi connectivity index (χ1) is 5.88. The van der Waals surface area contributed by atoms with Crippen LogP contribution in [-0.2, 0) is 0 Å². The van der Waals surface area contributed by atoms with Crippen molar-refractivity contribution in [2.75, 3.05) is 0 Å². The maximum Gasteiger partial charge on any atom is 0.0778 e. The van der Waals surface area contributed by atoms with Gasteiger partial charge in [0.2, 0.25) is 0 Å². The van der Waals surface area contributed by atoms with E-state index in [1.165, 1.54) is 6.42 Å². The maximum atomic E-state index is 9.68. The number of aliphatic hydroxyl groups excluding tert-OH is 1. The van der Waals surface area contributed by atoms with Crippen molar-refractivity contribution in [3.63, 3.8) is 0 Å². The zero-order chi connectivity index (χ0) is 8.39. The average Bonchev–Trinajstić information content (AvgIpc) is 2.57. The van der Waals surface area contributed by atoms with E-state index in [9.17, 15) is 5.11 Å². The molecule has 0 aliphatic heterocycles. The van der Waals surface area contributed by atoms with Crippen LogP contribution in [0, 0.1) is 0 Å². The summed E-state index contributed by atoms with van der Waals surface area (Å²) in [4.78, 5) is 0. The minimum absolute atomic E-state index is 0.196. The van der Waals surface area contributed by atoms with Crippen molar-refractivity contribution in [1.29, 1.82) is 0 Å². The fraction of sp³-hybridized carbons (Fsp3) is 0.667. The van der Waals surface area contributed by atoms with Crippen molar-refractivity contribution < 1.29 is 5.11 Å². The van der Waals surface area contributed by atoms with Gasteiger partial charge in [-0.1, -0.05) is 12.8 Å². The van der Waals surface area contributed by atoms with Gasteiger partial charge in [0.05, 0.1) is 12.1 Å². The van der Waals surface area contributed by atoms with Gasteiger partial charge in [-0.3, -0.25) is 4.68 Å². The van der Waals surface area contributed by atoms with Gasteiger partial charge in [-0.25, -0.2) is 0 Å². The summed E-state index contributed by atoms with van der Waals surface area (Å²) in [5.41, 5.74) is 0. The highest BCUT2D eigenvalue weighted by Crippen LogP contribution is 2.27. The third-order valence-corrected chi connectivity index (χ3v) is 2.56. The van der Waals surface area contributed by atoms with Gasteiger partial charge in [0.15, 0.2) is 0 Å². The van der Waals surface area contributed by atoms with Gasteiger partial charge >= 0.3 is 0 Å². The van der Waals surface area contributed by atoms with Gasteiger partial charge in [-0.2, -0.15) is 5.10 Å². The van der Waals surface area contributed by atoms with Crippen molar-refractivity contribution in [3.8, 4) is 0 Å². The number of rotatable bonds is 1. The molecule has 66 valence electrons. The minimum Gasteiger partial charge on any atom is -0.391 e. The lowest BCUT2D eigenvalue weighted by molar-refractivity contribution is 0.0694. The Morgan fingerprint density at radius 3 is 2.83 bits per heavy atom. The fourth-order valence-corrected chi connectivity index (χ4v) is 1.88. The quantitative estimate of drug-likeness (QED) is 0.684. The number of aromatic nitrogens is 2.